The van der Waals surface area contributed by atoms with Crippen LogP contribution in [0.5, 0.6) is 0 Å². The molecule has 1 saturated heterocycles. The van der Waals surface area contributed by atoms with E-state index in [0.29, 0.717) is 0 Å². The van der Waals surface area contributed by atoms with Gasteiger partial charge in [0.15, 0.2) is 0 Å². The fourth-order valence-electron chi connectivity index (χ4n) is 2.70. The highest BCUT2D eigenvalue weighted by atomic mass is 32.1. The van der Waals surface area contributed by atoms with Crippen LogP contribution in [-0.4, -0.2) is 35.2 Å². The third-order valence-electron chi connectivity index (χ3n) is 3.77. The van der Waals surface area contributed by atoms with Crippen molar-refractivity contribution in [3.8, 4) is 0 Å². The van der Waals surface area contributed by atoms with Gasteiger partial charge in [-0.3, -0.25) is 0 Å². The minimum atomic E-state index is 0.0315. The van der Waals surface area contributed by atoms with Gasteiger partial charge in [-0.1, -0.05) is 0 Å². The highest BCUT2D eigenvalue weighted by molar-refractivity contribution is 7.12. The zero-order valence-electron chi connectivity index (χ0n) is 12.3. The summed E-state index contributed by atoms with van der Waals surface area (Å²) in [6.07, 6.45) is 3.67. The Morgan fingerprint density at radius 3 is 3.05 bits per heavy atom. The molecule has 1 aliphatic heterocycles. The van der Waals surface area contributed by atoms with E-state index in [1.165, 1.54) is 9.75 Å². The van der Waals surface area contributed by atoms with Gasteiger partial charge in [0.25, 0.3) is 0 Å². The number of thiophene rings is 1. The van der Waals surface area contributed by atoms with Crippen LogP contribution < -0.4 is 5.32 Å². The molecule has 20 heavy (non-hydrogen) atoms. The summed E-state index contributed by atoms with van der Waals surface area (Å²) in [5.74, 6) is 0. The van der Waals surface area contributed by atoms with E-state index in [-0.39, 0.29) is 24.7 Å². The Labute approximate surface area is 124 Å². The van der Waals surface area contributed by atoms with Gasteiger partial charge in [0.2, 0.25) is 0 Å². The van der Waals surface area contributed by atoms with Crippen molar-refractivity contribution < 1.29 is 9.90 Å². The Hall–Kier alpha value is -1.07. The molecule has 2 unspecified atom stereocenters. The fraction of sp³-hybridized carbons (Fsp3) is 0.667. The van der Waals surface area contributed by atoms with Gasteiger partial charge in [0.1, 0.15) is 0 Å². The molecule has 0 bridgehead atoms. The van der Waals surface area contributed by atoms with Crippen molar-refractivity contribution in [2.24, 2.45) is 0 Å². The molecule has 0 spiro atoms. The first-order valence-electron chi connectivity index (χ1n) is 7.36. The maximum absolute atomic E-state index is 12.4. The summed E-state index contributed by atoms with van der Waals surface area (Å²) in [5, 5.41) is 11.9. The summed E-state index contributed by atoms with van der Waals surface area (Å²) in [6, 6.07) is 4.65. The zero-order chi connectivity index (χ0) is 14.5. The van der Waals surface area contributed by atoms with Crippen molar-refractivity contribution in [2.75, 3.05) is 13.2 Å². The van der Waals surface area contributed by atoms with E-state index < -0.39 is 0 Å². The molecule has 0 radical (unpaired) electrons. The van der Waals surface area contributed by atoms with Crippen LogP contribution >= 0.6 is 11.3 Å². The summed E-state index contributed by atoms with van der Waals surface area (Å²) in [7, 11) is 0. The lowest BCUT2D eigenvalue weighted by Gasteiger charge is -2.26. The second-order valence-electron chi connectivity index (χ2n) is 5.52. The molecule has 0 saturated carbocycles. The van der Waals surface area contributed by atoms with E-state index in [4.69, 9.17) is 5.11 Å². The Bertz CT molecular complexity index is 447. The lowest BCUT2D eigenvalue weighted by molar-refractivity contribution is 0.188. The number of urea groups is 1. The molecule has 1 aliphatic rings. The van der Waals surface area contributed by atoms with Crippen molar-refractivity contribution in [1.82, 2.24) is 10.2 Å². The van der Waals surface area contributed by atoms with E-state index in [0.717, 1.165) is 32.2 Å². The summed E-state index contributed by atoms with van der Waals surface area (Å²) in [4.78, 5) is 16.9. The number of likely N-dealkylation sites (tertiary alicyclic amines) is 1. The third kappa shape index (κ3) is 3.73. The average Bonchev–Trinajstić information content (AvgIpc) is 3.04. The molecule has 2 amide bonds. The fourth-order valence-corrected chi connectivity index (χ4v) is 3.73. The largest absolute Gasteiger partial charge is 0.396 e. The van der Waals surface area contributed by atoms with E-state index in [2.05, 4.69) is 24.4 Å². The number of carbonyl (C=O) groups is 1. The number of aliphatic hydroxyl groups excluding tert-OH is 1. The maximum atomic E-state index is 12.4. The van der Waals surface area contributed by atoms with Crippen LogP contribution in [0.25, 0.3) is 0 Å². The number of rotatable bonds is 5. The van der Waals surface area contributed by atoms with Gasteiger partial charge < -0.3 is 15.3 Å². The Balaban J connectivity index is 1.94. The number of aryl methyl sites for hydroxylation is 1. The van der Waals surface area contributed by atoms with Crippen molar-refractivity contribution in [2.45, 2.75) is 51.6 Å². The predicted molar refractivity (Wildman–Crippen MR) is 82.1 cm³/mol. The lowest BCUT2D eigenvalue weighted by Crippen LogP contribution is -2.43. The molecule has 1 aromatic rings. The number of amides is 2. The number of hydrogen-bond acceptors (Lipinski definition) is 3. The normalized spacial score (nSPS) is 20.1. The molecule has 2 atom stereocenters. The molecule has 1 aromatic heterocycles. The highest BCUT2D eigenvalue weighted by Crippen LogP contribution is 2.35. The molecule has 112 valence electrons. The van der Waals surface area contributed by atoms with Crippen LogP contribution in [0, 0.1) is 6.92 Å². The first kappa shape index (κ1) is 15.3. The van der Waals surface area contributed by atoms with E-state index in [1.807, 2.05) is 11.8 Å². The van der Waals surface area contributed by atoms with Crippen LogP contribution in [0.15, 0.2) is 12.1 Å². The van der Waals surface area contributed by atoms with Crippen molar-refractivity contribution >= 4 is 17.4 Å². The zero-order valence-corrected chi connectivity index (χ0v) is 13.1. The maximum Gasteiger partial charge on any atom is 0.318 e. The summed E-state index contributed by atoms with van der Waals surface area (Å²) in [6.45, 7) is 5.11. The molecule has 0 aliphatic carbocycles. The Kier molecular flexibility index (Phi) is 5.43. The van der Waals surface area contributed by atoms with Gasteiger partial charge >= 0.3 is 6.03 Å². The molecule has 2 heterocycles. The number of aliphatic hydroxyl groups is 1. The van der Waals surface area contributed by atoms with Gasteiger partial charge in [-0.2, -0.15) is 0 Å². The minimum absolute atomic E-state index is 0.0315. The smallest absolute Gasteiger partial charge is 0.318 e. The summed E-state index contributed by atoms with van der Waals surface area (Å²) >= 11 is 1.78. The molecule has 1 fully saturated rings. The highest BCUT2D eigenvalue weighted by Gasteiger charge is 2.31. The van der Waals surface area contributed by atoms with Crippen molar-refractivity contribution in [3.63, 3.8) is 0 Å². The van der Waals surface area contributed by atoms with Crippen LogP contribution in [0.1, 0.15) is 48.4 Å². The number of hydrogen-bond donors (Lipinski definition) is 2. The van der Waals surface area contributed by atoms with E-state index in [9.17, 15) is 4.79 Å². The second-order valence-corrected chi connectivity index (χ2v) is 6.84. The van der Waals surface area contributed by atoms with Crippen LogP contribution in [-0.2, 0) is 0 Å². The molecule has 4 nitrogen and oxygen atoms in total. The predicted octanol–water partition coefficient (Wildman–Crippen LogP) is 3.06. The SMILES string of the molecule is Cc1ccc(C2CCCN2C(=O)NC(C)CCCO)s1. The number of carbonyl (C=O) groups excluding carboxylic acids is 1. The van der Waals surface area contributed by atoms with E-state index in [1.54, 1.807) is 11.3 Å². The third-order valence-corrected chi connectivity index (χ3v) is 4.87. The first-order valence-corrected chi connectivity index (χ1v) is 8.18. The minimum Gasteiger partial charge on any atom is -0.396 e. The van der Waals surface area contributed by atoms with E-state index >= 15 is 0 Å². The Morgan fingerprint density at radius 1 is 1.60 bits per heavy atom. The first-order chi connectivity index (χ1) is 9.61. The molecular formula is C15H24N2O2S. The van der Waals surface area contributed by atoms with Crippen molar-refractivity contribution in [3.05, 3.63) is 21.9 Å². The number of nitrogens with zero attached hydrogens (tertiary/aromatic N) is 1. The van der Waals surface area contributed by atoms with Gasteiger partial charge in [0, 0.05) is 28.9 Å². The molecule has 5 heteroatoms. The van der Waals surface area contributed by atoms with Crippen molar-refractivity contribution in [1.29, 1.82) is 0 Å². The molecule has 2 N–H and O–H groups in total. The molecule has 2 rings (SSSR count). The second kappa shape index (κ2) is 7.09. The summed E-state index contributed by atoms with van der Waals surface area (Å²) < 4.78 is 0. The Morgan fingerprint density at radius 2 is 2.40 bits per heavy atom. The molecular weight excluding hydrogens is 272 g/mol. The van der Waals surface area contributed by atoms with Gasteiger partial charge in [-0.05, 0) is 51.7 Å². The van der Waals surface area contributed by atoms with Crippen LogP contribution in [0.3, 0.4) is 0 Å². The van der Waals surface area contributed by atoms with Crippen LogP contribution in [0.4, 0.5) is 4.79 Å². The summed E-state index contributed by atoms with van der Waals surface area (Å²) in [5.41, 5.74) is 0. The quantitative estimate of drug-likeness (QED) is 0.877. The topological polar surface area (TPSA) is 52.6 Å². The number of nitrogens with one attached hydrogen (secondary N) is 1. The average molecular weight is 296 g/mol. The van der Waals surface area contributed by atoms with Gasteiger partial charge in [0.05, 0.1) is 6.04 Å². The van der Waals surface area contributed by atoms with Gasteiger partial charge in [-0.25, -0.2) is 4.79 Å². The van der Waals surface area contributed by atoms with Crippen LogP contribution in [0.2, 0.25) is 0 Å². The molecule has 0 aromatic carbocycles. The standard InChI is InChI=1S/C15H24N2O2S/c1-11(5-4-10-18)16-15(19)17-9-3-6-13(17)14-8-7-12(2)20-14/h7-8,11,13,18H,3-6,9-10H2,1-2H3,(H,16,19). The lowest BCUT2D eigenvalue weighted by atomic mass is 10.2. The monoisotopic (exact) mass is 296 g/mol. The van der Waals surface area contributed by atoms with Gasteiger partial charge in [-0.15, -0.1) is 11.3 Å².